The van der Waals surface area contributed by atoms with Gasteiger partial charge in [0.05, 0.1) is 11.4 Å². The third-order valence-electron chi connectivity index (χ3n) is 4.16. The van der Waals surface area contributed by atoms with Crippen LogP contribution in [0, 0.1) is 6.92 Å². The molecule has 1 aliphatic rings. The fourth-order valence-corrected chi connectivity index (χ4v) is 2.93. The zero-order chi connectivity index (χ0) is 18.7. The number of rotatable bonds is 5. The summed E-state index contributed by atoms with van der Waals surface area (Å²) in [5, 5.41) is 11.4. The van der Waals surface area contributed by atoms with E-state index in [0.29, 0.717) is 12.2 Å². The van der Waals surface area contributed by atoms with E-state index >= 15 is 0 Å². The molecule has 132 valence electrons. The highest BCUT2D eigenvalue weighted by Crippen LogP contribution is 2.29. The van der Waals surface area contributed by atoms with Crippen molar-refractivity contribution in [2.45, 2.75) is 26.4 Å². The second kappa shape index (κ2) is 7.31. The highest BCUT2D eigenvalue weighted by molar-refractivity contribution is 6.16. The highest BCUT2D eigenvalue weighted by Gasteiger charge is 2.28. The molecule has 0 radical (unpaired) electrons. The van der Waals surface area contributed by atoms with E-state index in [1.807, 2.05) is 41.8 Å². The molecule has 0 bridgehead atoms. The van der Waals surface area contributed by atoms with Crippen molar-refractivity contribution >= 4 is 11.6 Å². The van der Waals surface area contributed by atoms with Gasteiger partial charge in [-0.3, -0.25) is 14.4 Å². The van der Waals surface area contributed by atoms with Crippen molar-refractivity contribution in [3.05, 3.63) is 78.4 Å². The van der Waals surface area contributed by atoms with Gasteiger partial charge in [0.25, 0.3) is 0 Å². The maximum atomic E-state index is 12.1. The number of carbonyl (C=O) groups is 1. The molecule has 1 unspecified atom stereocenters. The average molecular weight is 347 g/mol. The first-order chi connectivity index (χ1) is 12.6. The van der Waals surface area contributed by atoms with Crippen LogP contribution in [-0.4, -0.2) is 26.4 Å². The second-order valence-corrected chi connectivity index (χ2v) is 5.82. The number of carbonyl (C=O) groups excluding carboxylic acids is 1. The zero-order valence-corrected chi connectivity index (χ0v) is 14.9. The quantitative estimate of drug-likeness (QED) is 0.844. The summed E-state index contributed by atoms with van der Waals surface area (Å²) in [6.45, 7) is 11.3. The molecule has 0 saturated heterocycles. The van der Waals surface area contributed by atoms with Crippen LogP contribution in [0.15, 0.2) is 66.2 Å². The lowest BCUT2D eigenvalue weighted by molar-refractivity contribution is -0.121. The van der Waals surface area contributed by atoms with Crippen LogP contribution < -0.4 is 5.32 Å². The summed E-state index contributed by atoms with van der Waals surface area (Å²) in [7, 11) is 0. The van der Waals surface area contributed by atoms with Crippen LogP contribution in [0.3, 0.4) is 0 Å². The monoisotopic (exact) mass is 347 g/mol. The molecule has 1 amide bonds. The van der Waals surface area contributed by atoms with Gasteiger partial charge in [0.2, 0.25) is 5.91 Å². The zero-order valence-electron chi connectivity index (χ0n) is 14.9. The summed E-state index contributed by atoms with van der Waals surface area (Å²) in [5.74, 6) is 1.20. The molecule has 0 aliphatic carbocycles. The smallest absolute Gasteiger partial charge is 0.221 e. The van der Waals surface area contributed by atoms with Gasteiger partial charge >= 0.3 is 0 Å². The number of aliphatic imine (C=N–C) groups is 1. The van der Waals surface area contributed by atoms with Crippen molar-refractivity contribution in [1.29, 1.82) is 0 Å². The van der Waals surface area contributed by atoms with Crippen LogP contribution in [-0.2, 0) is 4.79 Å². The molecule has 6 nitrogen and oxygen atoms in total. The minimum atomic E-state index is -0.640. The molecule has 3 rings (SSSR count). The number of nitrogens with zero attached hydrogens (tertiary/aromatic N) is 4. The minimum absolute atomic E-state index is 0.107. The van der Waals surface area contributed by atoms with E-state index in [1.54, 1.807) is 19.1 Å². The van der Waals surface area contributed by atoms with Crippen molar-refractivity contribution in [2.75, 3.05) is 0 Å². The number of allylic oxidation sites excluding steroid dienone is 4. The average Bonchev–Trinajstić information content (AvgIpc) is 2.98. The topological polar surface area (TPSA) is 72.2 Å². The van der Waals surface area contributed by atoms with Crippen molar-refractivity contribution in [3.63, 3.8) is 0 Å². The van der Waals surface area contributed by atoms with Crippen molar-refractivity contribution in [2.24, 2.45) is 4.99 Å². The maximum Gasteiger partial charge on any atom is 0.221 e. The Morgan fingerprint density at radius 2 is 2.08 bits per heavy atom. The fourth-order valence-electron chi connectivity index (χ4n) is 2.93. The lowest BCUT2D eigenvalue weighted by Gasteiger charge is -2.13. The largest absolute Gasteiger partial charge is 0.328 e. The van der Waals surface area contributed by atoms with Gasteiger partial charge < -0.3 is 5.32 Å². The number of aryl methyl sites for hydroxylation is 1. The van der Waals surface area contributed by atoms with E-state index in [0.717, 1.165) is 28.4 Å². The summed E-state index contributed by atoms with van der Waals surface area (Å²) in [5.41, 5.74) is 3.37. The Kier molecular flexibility index (Phi) is 4.93. The Morgan fingerprint density at radius 3 is 2.77 bits per heavy atom. The van der Waals surface area contributed by atoms with Crippen LogP contribution in [0.2, 0.25) is 0 Å². The van der Waals surface area contributed by atoms with Crippen molar-refractivity contribution in [3.8, 4) is 5.69 Å². The van der Waals surface area contributed by atoms with E-state index in [4.69, 9.17) is 4.99 Å². The standard InChI is InChI=1S/C20H21N5O/c1-5-10-14(6-2)18-15-11-8-9-12-16(15)25-13(4)23-24-20(25)19(22-18)21-17(26)7-3/h5-6,8-12,19H,1-2,7H2,3-4H3,(H,21,26)/b14-10+. The molecule has 1 aromatic heterocycles. The van der Waals surface area contributed by atoms with Gasteiger partial charge in [-0.05, 0) is 18.6 Å². The second-order valence-electron chi connectivity index (χ2n) is 5.82. The first-order valence-corrected chi connectivity index (χ1v) is 8.45. The van der Waals surface area contributed by atoms with Gasteiger partial charge in [-0.25, -0.2) is 0 Å². The Balaban J connectivity index is 2.30. The van der Waals surface area contributed by atoms with E-state index < -0.39 is 6.17 Å². The molecular formula is C20H21N5O. The Bertz CT molecular complexity index is 935. The van der Waals surface area contributed by atoms with E-state index in [9.17, 15) is 4.79 Å². The molecule has 26 heavy (non-hydrogen) atoms. The van der Waals surface area contributed by atoms with Gasteiger partial charge in [0.15, 0.2) is 12.0 Å². The molecule has 1 atom stereocenters. The third-order valence-corrected chi connectivity index (χ3v) is 4.16. The van der Waals surface area contributed by atoms with Crippen LogP contribution in [0.5, 0.6) is 0 Å². The predicted molar refractivity (Wildman–Crippen MR) is 102 cm³/mol. The minimum Gasteiger partial charge on any atom is -0.328 e. The number of amides is 1. The Morgan fingerprint density at radius 1 is 1.31 bits per heavy atom. The molecule has 1 N–H and O–H groups in total. The fraction of sp³-hybridized carbons (Fsp3) is 0.200. The van der Waals surface area contributed by atoms with Gasteiger partial charge in [-0.1, -0.05) is 56.5 Å². The van der Waals surface area contributed by atoms with Crippen LogP contribution in [0.4, 0.5) is 0 Å². The molecule has 2 heterocycles. The molecule has 6 heteroatoms. The van der Waals surface area contributed by atoms with Crippen molar-refractivity contribution < 1.29 is 4.79 Å². The molecular weight excluding hydrogens is 326 g/mol. The molecule has 2 aromatic rings. The number of fused-ring (bicyclic) bond motifs is 3. The summed E-state index contributed by atoms with van der Waals surface area (Å²) >= 11 is 0. The number of para-hydroxylation sites is 1. The highest BCUT2D eigenvalue weighted by atomic mass is 16.1. The lowest BCUT2D eigenvalue weighted by atomic mass is 10.00. The first-order valence-electron chi connectivity index (χ1n) is 8.45. The van der Waals surface area contributed by atoms with Crippen molar-refractivity contribution in [1.82, 2.24) is 20.1 Å². The summed E-state index contributed by atoms with van der Waals surface area (Å²) in [6, 6.07) is 7.88. The normalized spacial score (nSPS) is 16.0. The van der Waals surface area contributed by atoms with Gasteiger partial charge in [0, 0.05) is 12.0 Å². The van der Waals surface area contributed by atoms with E-state index in [2.05, 4.69) is 28.7 Å². The van der Waals surface area contributed by atoms with E-state index in [1.165, 1.54) is 0 Å². The van der Waals surface area contributed by atoms with E-state index in [-0.39, 0.29) is 5.91 Å². The lowest BCUT2D eigenvalue weighted by Crippen LogP contribution is -2.28. The predicted octanol–water partition coefficient (Wildman–Crippen LogP) is 3.20. The number of hydrogen-bond donors (Lipinski definition) is 1. The maximum absolute atomic E-state index is 12.1. The summed E-state index contributed by atoms with van der Waals surface area (Å²) < 4.78 is 1.93. The first kappa shape index (κ1) is 17.5. The molecule has 0 saturated carbocycles. The number of benzene rings is 1. The van der Waals surface area contributed by atoms with Crippen LogP contribution in [0.1, 0.15) is 36.7 Å². The number of aromatic nitrogens is 3. The molecule has 1 aliphatic heterocycles. The van der Waals surface area contributed by atoms with Crippen LogP contribution in [0.25, 0.3) is 5.69 Å². The SMILES string of the molecule is C=C/C=C(\C=C)C1=NC(NC(=O)CC)c2nnc(C)n2-c2ccccc21. The Labute approximate surface area is 152 Å². The third kappa shape index (κ3) is 3.01. The molecule has 0 spiro atoms. The van der Waals surface area contributed by atoms with Gasteiger partial charge in [0.1, 0.15) is 5.82 Å². The summed E-state index contributed by atoms with van der Waals surface area (Å²) in [4.78, 5) is 16.9. The number of hydrogen-bond acceptors (Lipinski definition) is 4. The Hall–Kier alpha value is -3.28. The van der Waals surface area contributed by atoms with Gasteiger partial charge in [-0.15, -0.1) is 10.2 Å². The number of nitrogens with one attached hydrogen (secondary N) is 1. The summed E-state index contributed by atoms with van der Waals surface area (Å²) in [6.07, 6.45) is 4.99. The van der Waals surface area contributed by atoms with Crippen LogP contribution >= 0.6 is 0 Å². The molecule has 1 aromatic carbocycles. The molecule has 0 fully saturated rings. The van der Waals surface area contributed by atoms with Gasteiger partial charge in [-0.2, -0.15) is 0 Å².